The van der Waals surface area contributed by atoms with Crippen LogP contribution in [0.2, 0.25) is 0 Å². The van der Waals surface area contributed by atoms with Gasteiger partial charge in [0.15, 0.2) is 0 Å². The SMILES string of the molecule is Fc1ccc(CSc2ccc(/C=N/NC(F)(F)C(F)(F)C(F)(F)F)c3ccccc23)cc1. The molecular formula is C21H14F8N2S. The maximum absolute atomic E-state index is 13.3. The highest BCUT2D eigenvalue weighted by Crippen LogP contribution is 2.45. The van der Waals surface area contributed by atoms with E-state index in [0.717, 1.165) is 16.7 Å². The molecule has 0 atom stereocenters. The maximum atomic E-state index is 13.3. The third kappa shape index (κ3) is 4.98. The summed E-state index contributed by atoms with van der Waals surface area (Å²) in [5.74, 6) is -6.15. The molecule has 0 heterocycles. The summed E-state index contributed by atoms with van der Waals surface area (Å²) in [6.45, 7) is 0. The Hall–Kier alpha value is -2.82. The number of hydrogen-bond acceptors (Lipinski definition) is 3. The van der Waals surface area contributed by atoms with Crippen molar-refractivity contribution < 1.29 is 35.1 Å². The van der Waals surface area contributed by atoms with Crippen LogP contribution in [0.5, 0.6) is 0 Å². The molecule has 3 aromatic rings. The minimum atomic E-state index is -6.45. The van der Waals surface area contributed by atoms with Crippen LogP contribution in [0, 0.1) is 5.82 Å². The van der Waals surface area contributed by atoms with Crippen LogP contribution in [0.25, 0.3) is 10.8 Å². The first-order valence-corrected chi connectivity index (χ1v) is 9.92. The van der Waals surface area contributed by atoms with Gasteiger partial charge in [0.2, 0.25) is 0 Å². The van der Waals surface area contributed by atoms with E-state index >= 15 is 0 Å². The molecule has 0 unspecified atom stereocenters. The summed E-state index contributed by atoms with van der Waals surface area (Å²) in [6, 6.07) is 10.1. The van der Waals surface area contributed by atoms with Crippen LogP contribution >= 0.6 is 11.8 Å². The van der Waals surface area contributed by atoms with Gasteiger partial charge in [-0.25, -0.2) is 9.82 Å². The summed E-state index contributed by atoms with van der Waals surface area (Å²) in [7, 11) is 0. The predicted molar refractivity (Wildman–Crippen MR) is 107 cm³/mol. The van der Waals surface area contributed by atoms with Crippen molar-refractivity contribution in [1.82, 2.24) is 5.43 Å². The average Bonchev–Trinajstić information content (AvgIpc) is 2.73. The van der Waals surface area contributed by atoms with Gasteiger partial charge in [-0.1, -0.05) is 42.5 Å². The Morgan fingerprint density at radius 2 is 1.44 bits per heavy atom. The molecule has 3 aromatic carbocycles. The van der Waals surface area contributed by atoms with E-state index in [-0.39, 0.29) is 11.4 Å². The third-order valence-corrected chi connectivity index (χ3v) is 5.53. The van der Waals surface area contributed by atoms with Crippen molar-refractivity contribution in [3.63, 3.8) is 0 Å². The van der Waals surface area contributed by atoms with E-state index < -0.39 is 18.1 Å². The van der Waals surface area contributed by atoms with Crippen molar-refractivity contribution in [3.8, 4) is 0 Å². The zero-order valence-electron chi connectivity index (χ0n) is 15.9. The fraction of sp³-hybridized carbons (Fsp3) is 0.190. The summed E-state index contributed by atoms with van der Waals surface area (Å²) in [6.07, 6.45) is -5.70. The summed E-state index contributed by atoms with van der Waals surface area (Å²) in [4.78, 5) is 0.795. The van der Waals surface area contributed by atoms with Gasteiger partial charge < -0.3 is 0 Å². The van der Waals surface area contributed by atoms with Gasteiger partial charge in [-0.3, -0.25) is 0 Å². The molecule has 0 amide bonds. The normalized spacial score (nSPS) is 13.1. The van der Waals surface area contributed by atoms with E-state index in [1.165, 1.54) is 30.0 Å². The van der Waals surface area contributed by atoms with E-state index in [4.69, 9.17) is 0 Å². The van der Waals surface area contributed by atoms with Gasteiger partial charge in [0.25, 0.3) is 0 Å². The average molecular weight is 478 g/mol. The van der Waals surface area contributed by atoms with Gasteiger partial charge in [0, 0.05) is 16.2 Å². The Kier molecular flexibility index (Phi) is 6.68. The van der Waals surface area contributed by atoms with Gasteiger partial charge in [0.05, 0.1) is 6.21 Å². The molecule has 0 saturated heterocycles. The Bertz CT molecular complexity index is 1110. The van der Waals surface area contributed by atoms with Crippen LogP contribution < -0.4 is 5.43 Å². The molecule has 1 N–H and O–H groups in total. The zero-order chi connectivity index (χ0) is 23.6. The molecule has 0 saturated carbocycles. The van der Waals surface area contributed by atoms with Crippen molar-refractivity contribution in [3.05, 3.63) is 77.6 Å². The smallest absolute Gasteiger partial charge is 0.242 e. The Morgan fingerprint density at radius 1 is 0.812 bits per heavy atom. The second-order valence-corrected chi connectivity index (χ2v) is 7.65. The van der Waals surface area contributed by atoms with E-state index in [1.807, 2.05) is 0 Å². The summed E-state index contributed by atoms with van der Waals surface area (Å²) < 4.78 is 102. The zero-order valence-corrected chi connectivity index (χ0v) is 16.8. The van der Waals surface area contributed by atoms with Gasteiger partial charge in [-0.2, -0.15) is 35.8 Å². The van der Waals surface area contributed by atoms with Crippen LogP contribution in [-0.4, -0.2) is 24.4 Å². The number of thioether (sulfide) groups is 1. The largest absolute Gasteiger partial charge is 0.462 e. The highest BCUT2D eigenvalue weighted by molar-refractivity contribution is 7.98. The molecule has 0 radical (unpaired) electrons. The number of hydrazone groups is 1. The first kappa shape index (κ1) is 23.8. The number of halogens is 8. The van der Waals surface area contributed by atoms with Crippen LogP contribution in [0.4, 0.5) is 35.1 Å². The van der Waals surface area contributed by atoms with Crippen molar-refractivity contribution >= 4 is 28.7 Å². The lowest BCUT2D eigenvalue weighted by atomic mass is 10.1. The molecule has 11 heteroatoms. The van der Waals surface area contributed by atoms with E-state index in [9.17, 15) is 35.1 Å². The molecule has 0 bridgehead atoms. The summed E-state index contributed by atoms with van der Waals surface area (Å²) in [5, 5.41) is 4.14. The van der Waals surface area contributed by atoms with Crippen LogP contribution in [0.1, 0.15) is 11.1 Å². The standard InChI is InChI=1S/C21H14F8N2S/c22-15-8-5-13(6-9-15)12-32-18-10-7-14(16-3-1-2-4-17(16)18)11-30-31-21(28,29)19(23,24)20(25,26)27/h1-11,31H,12H2/b30-11+. The number of alkyl halides is 7. The fourth-order valence-electron chi connectivity index (χ4n) is 2.71. The lowest BCUT2D eigenvalue weighted by molar-refractivity contribution is -0.361. The highest BCUT2D eigenvalue weighted by Gasteiger charge is 2.73. The maximum Gasteiger partial charge on any atom is 0.462 e. The number of hydrogen-bond donors (Lipinski definition) is 1. The van der Waals surface area contributed by atoms with E-state index in [0.29, 0.717) is 22.0 Å². The number of nitrogens with zero attached hydrogens (tertiary/aromatic N) is 1. The monoisotopic (exact) mass is 478 g/mol. The lowest BCUT2D eigenvalue weighted by Crippen LogP contribution is -2.58. The van der Waals surface area contributed by atoms with Crippen LogP contribution in [0.15, 0.2) is 70.7 Å². The Balaban J connectivity index is 1.81. The highest BCUT2D eigenvalue weighted by atomic mass is 32.2. The van der Waals surface area contributed by atoms with Gasteiger partial charge in [0.1, 0.15) is 5.82 Å². The first-order valence-electron chi connectivity index (χ1n) is 8.94. The number of rotatable bonds is 7. The van der Waals surface area contributed by atoms with Crippen molar-refractivity contribution in [1.29, 1.82) is 0 Å². The predicted octanol–water partition coefficient (Wildman–Crippen LogP) is 6.99. The van der Waals surface area contributed by atoms with Crippen molar-refractivity contribution in [2.75, 3.05) is 0 Å². The molecule has 0 spiro atoms. The Morgan fingerprint density at radius 3 is 2.06 bits per heavy atom. The quantitative estimate of drug-likeness (QED) is 0.130. The summed E-state index contributed by atoms with van der Waals surface area (Å²) in [5.41, 5.74) is 1.71. The van der Waals surface area contributed by atoms with Crippen LogP contribution in [-0.2, 0) is 5.75 Å². The molecule has 0 aliphatic heterocycles. The van der Waals surface area contributed by atoms with Gasteiger partial charge in [-0.05, 0) is 34.5 Å². The molecule has 3 rings (SSSR count). The molecule has 170 valence electrons. The summed E-state index contributed by atoms with van der Waals surface area (Å²) >= 11 is 1.43. The molecule has 32 heavy (non-hydrogen) atoms. The van der Waals surface area contributed by atoms with Crippen molar-refractivity contribution in [2.45, 2.75) is 28.8 Å². The second-order valence-electron chi connectivity index (χ2n) is 6.63. The van der Waals surface area contributed by atoms with Crippen LogP contribution in [0.3, 0.4) is 0 Å². The first-order chi connectivity index (χ1) is 14.9. The molecule has 0 aromatic heterocycles. The second kappa shape index (κ2) is 8.97. The third-order valence-electron chi connectivity index (χ3n) is 4.38. The molecule has 0 aliphatic rings. The molecule has 2 nitrogen and oxygen atoms in total. The molecule has 0 fully saturated rings. The van der Waals surface area contributed by atoms with E-state index in [1.54, 1.807) is 42.5 Å². The fourth-order valence-corrected chi connectivity index (χ4v) is 3.72. The molecule has 0 aliphatic carbocycles. The minimum Gasteiger partial charge on any atom is -0.242 e. The minimum absolute atomic E-state index is 0.227. The van der Waals surface area contributed by atoms with Gasteiger partial charge in [-0.15, -0.1) is 11.8 Å². The topological polar surface area (TPSA) is 24.4 Å². The molecular weight excluding hydrogens is 464 g/mol. The Labute approximate surface area is 181 Å². The van der Waals surface area contributed by atoms with E-state index in [2.05, 4.69) is 5.10 Å². The van der Waals surface area contributed by atoms with Crippen molar-refractivity contribution in [2.24, 2.45) is 5.10 Å². The number of nitrogens with one attached hydrogen (secondary N) is 1. The lowest BCUT2D eigenvalue weighted by Gasteiger charge is -2.27. The number of fused-ring (bicyclic) bond motifs is 1. The number of benzene rings is 3. The van der Waals surface area contributed by atoms with Gasteiger partial charge >= 0.3 is 18.1 Å².